The van der Waals surface area contributed by atoms with E-state index in [1.165, 1.54) is 22.4 Å². The van der Waals surface area contributed by atoms with Crippen molar-refractivity contribution in [2.24, 2.45) is 0 Å². The third-order valence-electron chi connectivity index (χ3n) is 2.87. The zero-order valence-electron chi connectivity index (χ0n) is 9.62. The third-order valence-corrected chi connectivity index (χ3v) is 2.87. The lowest BCUT2D eigenvalue weighted by atomic mass is 9.94. The third kappa shape index (κ3) is 1.70. The molecule has 0 spiro atoms. The predicted octanol–water partition coefficient (Wildman–Crippen LogP) is 3.49. The summed E-state index contributed by atoms with van der Waals surface area (Å²) in [5.41, 5.74) is 5.50. The van der Waals surface area contributed by atoms with Crippen molar-refractivity contribution in [1.29, 1.82) is 0 Å². The SMILES string of the molecule is C/C=C\C1=C(C)CN(C)c2ccccc21. The van der Waals surface area contributed by atoms with Crippen molar-refractivity contribution < 1.29 is 0 Å². The molecule has 0 amide bonds. The number of fused-ring (bicyclic) bond motifs is 1. The summed E-state index contributed by atoms with van der Waals surface area (Å²) in [4.78, 5) is 2.30. The molecule has 1 heterocycles. The number of rotatable bonds is 1. The Morgan fingerprint density at radius 3 is 2.73 bits per heavy atom. The van der Waals surface area contributed by atoms with Gasteiger partial charge in [0.2, 0.25) is 0 Å². The first-order valence-corrected chi connectivity index (χ1v) is 5.37. The standard InChI is InChI=1S/C14H17N/c1-4-7-12-11(2)10-15(3)14-9-6-5-8-13(12)14/h4-9H,10H2,1-3H3/b7-4-. The second-order valence-corrected chi connectivity index (χ2v) is 4.07. The van der Waals surface area contributed by atoms with Crippen LogP contribution in [0, 0.1) is 0 Å². The smallest absolute Gasteiger partial charge is 0.0446 e. The average molecular weight is 199 g/mol. The van der Waals surface area contributed by atoms with Crippen LogP contribution < -0.4 is 4.90 Å². The van der Waals surface area contributed by atoms with Gasteiger partial charge < -0.3 is 4.90 Å². The van der Waals surface area contributed by atoms with E-state index in [2.05, 4.69) is 62.2 Å². The van der Waals surface area contributed by atoms with Crippen molar-refractivity contribution in [3.05, 3.63) is 47.6 Å². The van der Waals surface area contributed by atoms with E-state index in [9.17, 15) is 0 Å². The number of para-hydroxylation sites is 1. The molecule has 0 unspecified atom stereocenters. The predicted molar refractivity (Wildman–Crippen MR) is 67.1 cm³/mol. The number of allylic oxidation sites excluding steroid dienone is 3. The molecule has 1 heteroatoms. The van der Waals surface area contributed by atoms with Crippen LogP contribution in [0.3, 0.4) is 0 Å². The van der Waals surface area contributed by atoms with Crippen molar-refractivity contribution in [1.82, 2.24) is 0 Å². The fourth-order valence-electron chi connectivity index (χ4n) is 2.19. The number of likely N-dealkylation sites (N-methyl/N-ethyl adjacent to an activating group) is 1. The molecule has 2 rings (SSSR count). The Hall–Kier alpha value is -1.50. The number of anilines is 1. The van der Waals surface area contributed by atoms with Crippen molar-refractivity contribution in [2.75, 3.05) is 18.5 Å². The molecular formula is C14H17N. The summed E-state index contributed by atoms with van der Waals surface area (Å²) < 4.78 is 0. The summed E-state index contributed by atoms with van der Waals surface area (Å²) in [5, 5.41) is 0. The Balaban J connectivity index is 2.60. The number of benzene rings is 1. The first-order chi connectivity index (χ1) is 7.24. The van der Waals surface area contributed by atoms with Gasteiger partial charge in [-0.1, -0.05) is 30.4 Å². The molecule has 1 aromatic carbocycles. The quantitative estimate of drug-likeness (QED) is 0.669. The molecule has 0 aromatic heterocycles. The molecular weight excluding hydrogens is 182 g/mol. The maximum absolute atomic E-state index is 2.30. The van der Waals surface area contributed by atoms with Gasteiger partial charge in [-0.15, -0.1) is 0 Å². The van der Waals surface area contributed by atoms with Crippen molar-refractivity contribution in [3.63, 3.8) is 0 Å². The normalized spacial score (nSPS) is 16.1. The lowest BCUT2D eigenvalue weighted by Gasteiger charge is -2.29. The van der Waals surface area contributed by atoms with E-state index in [-0.39, 0.29) is 0 Å². The zero-order valence-corrected chi connectivity index (χ0v) is 9.62. The fourth-order valence-corrected chi connectivity index (χ4v) is 2.19. The van der Waals surface area contributed by atoms with Crippen molar-refractivity contribution in [2.45, 2.75) is 13.8 Å². The maximum Gasteiger partial charge on any atom is 0.0446 e. The molecule has 0 saturated carbocycles. The van der Waals surface area contributed by atoms with Crippen molar-refractivity contribution in [3.8, 4) is 0 Å². The van der Waals surface area contributed by atoms with Gasteiger partial charge in [-0.25, -0.2) is 0 Å². The second-order valence-electron chi connectivity index (χ2n) is 4.07. The lowest BCUT2D eigenvalue weighted by Crippen LogP contribution is -2.24. The van der Waals surface area contributed by atoms with Crippen LogP contribution in [0.1, 0.15) is 19.4 Å². The summed E-state index contributed by atoms with van der Waals surface area (Å²) in [6, 6.07) is 8.59. The van der Waals surface area contributed by atoms with E-state index in [1.54, 1.807) is 0 Å². The minimum Gasteiger partial charge on any atom is -0.370 e. The van der Waals surface area contributed by atoms with Crippen LogP contribution >= 0.6 is 0 Å². The summed E-state index contributed by atoms with van der Waals surface area (Å²) >= 11 is 0. The van der Waals surface area contributed by atoms with Gasteiger partial charge in [0.05, 0.1) is 0 Å². The van der Waals surface area contributed by atoms with Gasteiger partial charge in [0.1, 0.15) is 0 Å². The number of nitrogens with zero attached hydrogens (tertiary/aromatic N) is 1. The molecule has 78 valence electrons. The molecule has 0 atom stereocenters. The summed E-state index contributed by atoms with van der Waals surface area (Å²) in [7, 11) is 2.15. The van der Waals surface area contributed by atoms with Gasteiger partial charge in [-0.2, -0.15) is 0 Å². The highest BCUT2D eigenvalue weighted by molar-refractivity contribution is 5.87. The maximum atomic E-state index is 2.30. The highest BCUT2D eigenvalue weighted by Crippen LogP contribution is 2.34. The van der Waals surface area contributed by atoms with E-state index in [4.69, 9.17) is 0 Å². The van der Waals surface area contributed by atoms with E-state index in [0.29, 0.717) is 0 Å². The lowest BCUT2D eigenvalue weighted by molar-refractivity contribution is 0.965. The highest BCUT2D eigenvalue weighted by atomic mass is 15.1. The Bertz CT molecular complexity index is 427. The molecule has 1 aliphatic rings. The molecule has 0 fully saturated rings. The van der Waals surface area contributed by atoms with Gasteiger partial charge >= 0.3 is 0 Å². The molecule has 0 aliphatic carbocycles. The summed E-state index contributed by atoms with van der Waals surface area (Å²) in [6.45, 7) is 5.31. The molecule has 0 bridgehead atoms. The van der Waals surface area contributed by atoms with Gasteiger partial charge in [-0.05, 0) is 31.1 Å². The molecule has 0 radical (unpaired) electrons. The van der Waals surface area contributed by atoms with Crippen LogP contribution in [0.4, 0.5) is 5.69 Å². The van der Waals surface area contributed by atoms with E-state index < -0.39 is 0 Å². The summed E-state index contributed by atoms with van der Waals surface area (Å²) in [5.74, 6) is 0. The first-order valence-electron chi connectivity index (χ1n) is 5.37. The Labute approximate surface area is 91.7 Å². The number of hydrogen-bond donors (Lipinski definition) is 0. The van der Waals surface area contributed by atoms with Crippen LogP contribution in [-0.2, 0) is 0 Å². The largest absolute Gasteiger partial charge is 0.370 e. The van der Waals surface area contributed by atoms with E-state index in [0.717, 1.165) is 6.54 Å². The number of hydrogen-bond acceptors (Lipinski definition) is 1. The van der Waals surface area contributed by atoms with E-state index in [1.807, 2.05) is 0 Å². The minimum atomic E-state index is 1.02. The topological polar surface area (TPSA) is 3.24 Å². The van der Waals surface area contributed by atoms with Crippen LogP contribution in [0.15, 0.2) is 42.0 Å². The summed E-state index contributed by atoms with van der Waals surface area (Å²) in [6.07, 6.45) is 4.32. The molecule has 0 saturated heterocycles. The molecule has 0 N–H and O–H groups in total. The van der Waals surface area contributed by atoms with Gasteiger partial charge in [-0.3, -0.25) is 0 Å². The minimum absolute atomic E-state index is 1.02. The highest BCUT2D eigenvalue weighted by Gasteiger charge is 2.17. The Morgan fingerprint density at radius 2 is 2.00 bits per heavy atom. The van der Waals surface area contributed by atoms with Gasteiger partial charge in [0.25, 0.3) is 0 Å². The second kappa shape index (κ2) is 3.93. The average Bonchev–Trinajstić information content (AvgIpc) is 2.24. The van der Waals surface area contributed by atoms with Crippen LogP contribution in [-0.4, -0.2) is 13.6 Å². The van der Waals surface area contributed by atoms with Crippen LogP contribution in [0.5, 0.6) is 0 Å². The van der Waals surface area contributed by atoms with Crippen LogP contribution in [0.25, 0.3) is 5.57 Å². The molecule has 1 aromatic rings. The van der Waals surface area contributed by atoms with Crippen molar-refractivity contribution >= 4 is 11.3 Å². The molecule has 15 heavy (non-hydrogen) atoms. The first kappa shape index (κ1) is 10.0. The Morgan fingerprint density at radius 1 is 1.27 bits per heavy atom. The van der Waals surface area contributed by atoms with Gasteiger partial charge in [0, 0.05) is 24.8 Å². The monoisotopic (exact) mass is 199 g/mol. The molecule has 1 aliphatic heterocycles. The molecule has 1 nitrogen and oxygen atoms in total. The Kier molecular flexibility index (Phi) is 2.63. The fraction of sp³-hybridized carbons (Fsp3) is 0.286. The van der Waals surface area contributed by atoms with Crippen LogP contribution in [0.2, 0.25) is 0 Å². The van der Waals surface area contributed by atoms with Gasteiger partial charge in [0.15, 0.2) is 0 Å². The zero-order chi connectivity index (χ0) is 10.8. The van der Waals surface area contributed by atoms with E-state index >= 15 is 0 Å².